The lowest BCUT2D eigenvalue weighted by Gasteiger charge is -2.34. The Morgan fingerprint density at radius 1 is 1.29 bits per heavy atom. The lowest BCUT2D eigenvalue weighted by Crippen LogP contribution is -2.41. The molecule has 2 heterocycles. The van der Waals surface area contributed by atoms with Gasteiger partial charge in [0.1, 0.15) is 11.9 Å². The van der Waals surface area contributed by atoms with E-state index in [1.807, 2.05) is 14.0 Å². The van der Waals surface area contributed by atoms with Gasteiger partial charge < -0.3 is 9.67 Å². The van der Waals surface area contributed by atoms with Gasteiger partial charge >= 0.3 is 0 Å². The lowest BCUT2D eigenvalue weighted by atomic mass is 9.93. The molecule has 0 bridgehead atoms. The van der Waals surface area contributed by atoms with Crippen LogP contribution in [0.1, 0.15) is 30.3 Å². The summed E-state index contributed by atoms with van der Waals surface area (Å²) in [4.78, 5) is 4.50. The van der Waals surface area contributed by atoms with Crippen molar-refractivity contribution in [2.45, 2.75) is 30.8 Å². The molecule has 2 atom stereocenters. The second-order valence-corrected chi connectivity index (χ2v) is 8.36. The largest absolute Gasteiger partial charge is 0.385 e. The number of rotatable bonds is 4. The number of aromatic nitrogens is 2. The molecule has 1 saturated heterocycles. The van der Waals surface area contributed by atoms with E-state index in [1.165, 1.54) is 4.31 Å². The molecule has 0 aliphatic carbocycles. The maximum Gasteiger partial charge on any atom is 0.243 e. The normalized spacial score (nSPS) is 20.9. The molecule has 3 rings (SSSR count). The minimum absolute atomic E-state index is 0.153. The van der Waals surface area contributed by atoms with Crippen molar-refractivity contribution in [3.05, 3.63) is 48.0 Å². The van der Waals surface area contributed by atoms with Gasteiger partial charge in [0.15, 0.2) is 0 Å². The van der Waals surface area contributed by atoms with Crippen molar-refractivity contribution in [2.75, 3.05) is 13.1 Å². The van der Waals surface area contributed by atoms with E-state index in [-0.39, 0.29) is 5.92 Å². The molecule has 1 aromatic carbocycles. The van der Waals surface area contributed by atoms with Crippen molar-refractivity contribution < 1.29 is 13.5 Å². The summed E-state index contributed by atoms with van der Waals surface area (Å²) in [6, 6.07) is 6.89. The SMILES string of the molecule is Cc1ccc(S(=O)(=O)N2CCC[C@H]([C@H](O)c3nccn3C)C2)cc1. The fraction of sp³-hybridized carbons (Fsp3) is 0.471. The van der Waals surface area contributed by atoms with Crippen LogP contribution in [0.15, 0.2) is 41.6 Å². The molecule has 7 heteroatoms. The van der Waals surface area contributed by atoms with Crippen LogP contribution in [-0.2, 0) is 17.1 Å². The van der Waals surface area contributed by atoms with E-state index in [2.05, 4.69) is 4.98 Å². The quantitative estimate of drug-likeness (QED) is 0.914. The minimum Gasteiger partial charge on any atom is -0.385 e. The second-order valence-electron chi connectivity index (χ2n) is 6.42. The average Bonchev–Trinajstić information content (AvgIpc) is 3.01. The van der Waals surface area contributed by atoms with Gasteiger partial charge in [0, 0.05) is 38.4 Å². The molecular formula is C17H23N3O3S. The number of benzene rings is 1. The van der Waals surface area contributed by atoms with Gasteiger partial charge in [-0.2, -0.15) is 4.31 Å². The van der Waals surface area contributed by atoms with Crippen LogP contribution in [0.3, 0.4) is 0 Å². The van der Waals surface area contributed by atoms with Crippen molar-refractivity contribution in [3.63, 3.8) is 0 Å². The molecule has 0 saturated carbocycles. The van der Waals surface area contributed by atoms with Crippen LogP contribution >= 0.6 is 0 Å². The van der Waals surface area contributed by atoms with Gasteiger partial charge in [-0.3, -0.25) is 0 Å². The predicted molar refractivity (Wildman–Crippen MR) is 90.8 cm³/mol. The molecule has 130 valence electrons. The molecule has 0 spiro atoms. The monoisotopic (exact) mass is 349 g/mol. The molecule has 0 amide bonds. The molecule has 1 fully saturated rings. The number of aliphatic hydroxyl groups excluding tert-OH is 1. The highest BCUT2D eigenvalue weighted by molar-refractivity contribution is 7.89. The van der Waals surface area contributed by atoms with Crippen LogP contribution in [0.25, 0.3) is 0 Å². The first-order valence-corrected chi connectivity index (χ1v) is 9.55. The van der Waals surface area contributed by atoms with E-state index in [0.29, 0.717) is 23.8 Å². The molecule has 24 heavy (non-hydrogen) atoms. The van der Waals surface area contributed by atoms with Crippen LogP contribution in [-0.4, -0.2) is 40.5 Å². The van der Waals surface area contributed by atoms with Gasteiger partial charge in [0.25, 0.3) is 0 Å². The molecular weight excluding hydrogens is 326 g/mol. The first-order chi connectivity index (χ1) is 11.4. The summed E-state index contributed by atoms with van der Waals surface area (Å²) in [6.45, 7) is 2.72. The van der Waals surface area contributed by atoms with Crippen LogP contribution < -0.4 is 0 Å². The standard InChI is InChI=1S/C17H23N3O3S/c1-13-5-7-15(8-6-13)24(22,23)20-10-3-4-14(12-20)16(21)17-18-9-11-19(17)2/h5-9,11,14,16,21H,3-4,10,12H2,1-2H3/t14-,16-/m0/s1. The average molecular weight is 349 g/mol. The zero-order chi connectivity index (χ0) is 17.3. The Hall–Kier alpha value is -1.70. The fourth-order valence-electron chi connectivity index (χ4n) is 3.18. The third-order valence-corrected chi connectivity index (χ3v) is 6.53. The summed E-state index contributed by atoms with van der Waals surface area (Å²) < 4.78 is 28.9. The van der Waals surface area contributed by atoms with E-state index >= 15 is 0 Å². The van der Waals surface area contributed by atoms with Gasteiger partial charge in [-0.25, -0.2) is 13.4 Å². The van der Waals surface area contributed by atoms with Crippen LogP contribution in [0.4, 0.5) is 0 Å². The van der Waals surface area contributed by atoms with E-state index in [9.17, 15) is 13.5 Å². The molecule has 1 aromatic heterocycles. The lowest BCUT2D eigenvalue weighted by molar-refractivity contribution is 0.0645. The first-order valence-electron chi connectivity index (χ1n) is 8.11. The summed E-state index contributed by atoms with van der Waals surface area (Å²) in [7, 11) is -1.70. The fourth-order valence-corrected chi connectivity index (χ4v) is 4.72. The van der Waals surface area contributed by atoms with Gasteiger partial charge in [-0.15, -0.1) is 0 Å². The molecule has 1 aliphatic rings. The van der Waals surface area contributed by atoms with Crippen LogP contribution in [0, 0.1) is 12.8 Å². The van der Waals surface area contributed by atoms with Gasteiger partial charge in [0.05, 0.1) is 4.90 Å². The third-order valence-electron chi connectivity index (χ3n) is 4.65. The summed E-state index contributed by atoms with van der Waals surface area (Å²) in [5.41, 5.74) is 1.02. The molecule has 1 N–H and O–H groups in total. The van der Waals surface area contributed by atoms with Gasteiger partial charge in [0.2, 0.25) is 10.0 Å². The van der Waals surface area contributed by atoms with Crippen LogP contribution in [0.2, 0.25) is 0 Å². The second kappa shape index (κ2) is 6.66. The molecule has 0 radical (unpaired) electrons. The van der Waals surface area contributed by atoms with E-state index in [0.717, 1.165) is 18.4 Å². The smallest absolute Gasteiger partial charge is 0.243 e. The summed E-state index contributed by atoms with van der Waals surface area (Å²) >= 11 is 0. The third kappa shape index (κ3) is 3.24. The highest BCUT2D eigenvalue weighted by atomic mass is 32.2. The Morgan fingerprint density at radius 2 is 2.00 bits per heavy atom. The first kappa shape index (κ1) is 17.1. The number of piperidine rings is 1. The summed E-state index contributed by atoms with van der Waals surface area (Å²) in [6.07, 6.45) is 4.18. The zero-order valence-electron chi connectivity index (χ0n) is 14.0. The number of sulfonamides is 1. The highest BCUT2D eigenvalue weighted by Gasteiger charge is 2.34. The van der Waals surface area contributed by atoms with Crippen molar-refractivity contribution in [1.29, 1.82) is 0 Å². The van der Waals surface area contributed by atoms with Gasteiger partial charge in [-0.1, -0.05) is 17.7 Å². The van der Waals surface area contributed by atoms with Crippen molar-refractivity contribution >= 4 is 10.0 Å². The Balaban J connectivity index is 1.80. The maximum atomic E-state index is 12.8. The summed E-state index contributed by atoms with van der Waals surface area (Å²) in [5, 5.41) is 10.6. The number of hydrogen-bond donors (Lipinski definition) is 1. The maximum absolute atomic E-state index is 12.8. The Kier molecular flexibility index (Phi) is 4.76. The molecule has 1 aliphatic heterocycles. The van der Waals surface area contributed by atoms with E-state index < -0.39 is 16.1 Å². The number of aryl methyl sites for hydroxylation is 2. The number of nitrogens with zero attached hydrogens (tertiary/aromatic N) is 3. The van der Waals surface area contributed by atoms with Crippen molar-refractivity contribution in [3.8, 4) is 0 Å². The van der Waals surface area contributed by atoms with Crippen molar-refractivity contribution in [2.24, 2.45) is 13.0 Å². The molecule has 0 unspecified atom stereocenters. The zero-order valence-corrected chi connectivity index (χ0v) is 14.8. The topological polar surface area (TPSA) is 75.4 Å². The minimum atomic E-state index is -3.53. The number of imidazole rings is 1. The Labute approximate surface area is 142 Å². The number of aliphatic hydroxyl groups is 1. The Morgan fingerprint density at radius 3 is 2.62 bits per heavy atom. The van der Waals surface area contributed by atoms with Gasteiger partial charge in [-0.05, 0) is 31.9 Å². The molecule has 2 aromatic rings. The number of hydrogen-bond acceptors (Lipinski definition) is 4. The van der Waals surface area contributed by atoms with Crippen molar-refractivity contribution in [1.82, 2.24) is 13.9 Å². The highest BCUT2D eigenvalue weighted by Crippen LogP contribution is 2.31. The van der Waals surface area contributed by atoms with Crippen LogP contribution in [0.5, 0.6) is 0 Å². The summed E-state index contributed by atoms with van der Waals surface area (Å²) in [5.74, 6) is 0.426. The van der Waals surface area contributed by atoms with E-state index in [4.69, 9.17) is 0 Å². The molecule has 6 nitrogen and oxygen atoms in total. The van der Waals surface area contributed by atoms with E-state index in [1.54, 1.807) is 41.2 Å². The Bertz CT molecular complexity index is 799. The predicted octanol–water partition coefficient (Wildman–Crippen LogP) is 1.86.